The second-order valence-corrected chi connectivity index (χ2v) is 5.94. The zero-order valence-corrected chi connectivity index (χ0v) is 11.7. The average Bonchev–Trinajstić information content (AvgIpc) is 2.60. The lowest BCUT2D eigenvalue weighted by atomic mass is 10.0. The van der Waals surface area contributed by atoms with Gasteiger partial charge in [0.2, 0.25) is 0 Å². The Labute approximate surface area is 115 Å². The Kier molecular flexibility index (Phi) is 3.74. The normalized spacial score (nSPS) is 24.9. The molecule has 0 aromatic heterocycles. The van der Waals surface area contributed by atoms with Gasteiger partial charge in [0.25, 0.3) is 0 Å². The van der Waals surface area contributed by atoms with Crippen LogP contribution in [0.15, 0.2) is 18.2 Å². The van der Waals surface area contributed by atoms with Crippen LogP contribution in [0.4, 0.5) is 10.1 Å². The van der Waals surface area contributed by atoms with Crippen LogP contribution in [-0.2, 0) is 0 Å². The van der Waals surface area contributed by atoms with Crippen molar-refractivity contribution >= 4 is 5.69 Å². The molecule has 2 aliphatic heterocycles. The summed E-state index contributed by atoms with van der Waals surface area (Å²) in [6.07, 6.45) is 5.06. The largest absolute Gasteiger partial charge is 0.368 e. The molecule has 2 aliphatic rings. The minimum absolute atomic E-state index is 0.0655. The molecule has 2 heterocycles. The van der Waals surface area contributed by atoms with E-state index in [2.05, 4.69) is 9.80 Å². The third-order valence-corrected chi connectivity index (χ3v) is 4.50. The van der Waals surface area contributed by atoms with Crippen LogP contribution in [0.5, 0.6) is 0 Å². The van der Waals surface area contributed by atoms with Crippen molar-refractivity contribution < 1.29 is 4.39 Å². The van der Waals surface area contributed by atoms with Crippen molar-refractivity contribution in [2.45, 2.75) is 38.6 Å². The molecule has 0 N–H and O–H groups in total. The summed E-state index contributed by atoms with van der Waals surface area (Å²) in [5.41, 5.74) is 1.79. The number of halogens is 1. The van der Waals surface area contributed by atoms with Gasteiger partial charge in [-0.15, -0.1) is 0 Å². The topological polar surface area (TPSA) is 6.48 Å². The summed E-state index contributed by atoms with van der Waals surface area (Å²) in [5.74, 6) is -0.0655. The zero-order valence-electron chi connectivity index (χ0n) is 11.7. The summed E-state index contributed by atoms with van der Waals surface area (Å²) in [6.45, 7) is 6.31. The fraction of sp³-hybridized carbons (Fsp3) is 0.625. The predicted molar refractivity (Wildman–Crippen MR) is 77.2 cm³/mol. The molecule has 104 valence electrons. The number of anilines is 1. The Hall–Kier alpha value is -1.09. The Morgan fingerprint density at radius 1 is 1.11 bits per heavy atom. The molecule has 0 amide bonds. The highest BCUT2D eigenvalue weighted by Gasteiger charge is 2.27. The first-order chi connectivity index (χ1) is 9.24. The van der Waals surface area contributed by atoms with Crippen LogP contribution >= 0.6 is 0 Å². The summed E-state index contributed by atoms with van der Waals surface area (Å²) < 4.78 is 14.1. The fourth-order valence-corrected chi connectivity index (χ4v) is 3.46. The molecule has 0 saturated carbocycles. The molecule has 0 bridgehead atoms. The van der Waals surface area contributed by atoms with E-state index in [0.717, 1.165) is 30.8 Å². The molecular formula is C16H23FN2. The zero-order chi connectivity index (χ0) is 13.2. The van der Waals surface area contributed by atoms with Gasteiger partial charge in [-0.1, -0.05) is 12.5 Å². The van der Waals surface area contributed by atoms with Gasteiger partial charge >= 0.3 is 0 Å². The van der Waals surface area contributed by atoms with Crippen LogP contribution in [0.2, 0.25) is 0 Å². The van der Waals surface area contributed by atoms with Crippen molar-refractivity contribution in [1.82, 2.24) is 4.90 Å². The highest BCUT2D eigenvalue weighted by molar-refractivity contribution is 5.49. The number of hydrogen-bond acceptors (Lipinski definition) is 2. The van der Waals surface area contributed by atoms with Crippen molar-refractivity contribution in [3.8, 4) is 0 Å². The van der Waals surface area contributed by atoms with Crippen molar-refractivity contribution in [1.29, 1.82) is 0 Å². The molecule has 2 fully saturated rings. The van der Waals surface area contributed by atoms with Gasteiger partial charge in [0, 0.05) is 25.7 Å². The van der Waals surface area contributed by atoms with E-state index >= 15 is 0 Å². The maximum Gasteiger partial charge on any atom is 0.146 e. The number of benzene rings is 1. The minimum Gasteiger partial charge on any atom is -0.368 e. The molecule has 1 aromatic rings. The maximum atomic E-state index is 14.1. The van der Waals surface area contributed by atoms with Crippen LogP contribution in [0.1, 0.15) is 31.2 Å². The van der Waals surface area contributed by atoms with E-state index in [9.17, 15) is 4.39 Å². The summed E-state index contributed by atoms with van der Waals surface area (Å²) >= 11 is 0. The van der Waals surface area contributed by atoms with E-state index in [1.54, 1.807) is 6.07 Å². The van der Waals surface area contributed by atoms with Crippen molar-refractivity contribution in [3.05, 3.63) is 29.6 Å². The highest BCUT2D eigenvalue weighted by atomic mass is 19.1. The predicted octanol–water partition coefficient (Wildman–Crippen LogP) is 3.20. The molecule has 0 radical (unpaired) electrons. The Bertz CT molecular complexity index is 446. The first-order valence-corrected chi connectivity index (χ1v) is 7.49. The Morgan fingerprint density at radius 2 is 1.95 bits per heavy atom. The molecule has 1 atom stereocenters. The standard InChI is InChI=1S/C16H23FN2/c1-13-6-7-16(15(17)11-13)19-10-4-9-18-8-3-2-5-14(18)12-19/h6-7,11,14H,2-5,8-10,12H2,1H3. The van der Waals surface area contributed by atoms with Gasteiger partial charge in [-0.25, -0.2) is 4.39 Å². The number of hydrogen-bond donors (Lipinski definition) is 0. The monoisotopic (exact) mass is 262 g/mol. The molecule has 19 heavy (non-hydrogen) atoms. The van der Waals surface area contributed by atoms with Crippen LogP contribution in [0, 0.1) is 12.7 Å². The first kappa shape index (κ1) is 12.9. The number of piperidine rings is 1. The van der Waals surface area contributed by atoms with Gasteiger partial charge in [0.15, 0.2) is 0 Å². The second kappa shape index (κ2) is 5.49. The van der Waals surface area contributed by atoms with Gasteiger partial charge in [0.1, 0.15) is 5.82 Å². The van der Waals surface area contributed by atoms with Gasteiger partial charge in [-0.3, -0.25) is 4.90 Å². The third-order valence-electron chi connectivity index (χ3n) is 4.50. The molecule has 1 unspecified atom stereocenters. The van der Waals surface area contributed by atoms with E-state index in [0.29, 0.717) is 6.04 Å². The van der Waals surface area contributed by atoms with Gasteiger partial charge in [-0.05, 0) is 50.4 Å². The molecule has 2 saturated heterocycles. The molecule has 3 heteroatoms. The second-order valence-electron chi connectivity index (χ2n) is 5.94. The van der Waals surface area contributed by atoms with Crippen LogP contribution in [-0.4, -0.2) is 37.1 Å². The molecular weight excluding hydrogens is 239 g/mol. The first-order valence-electron chi connectivity index (χ1n) is 7.49. The summed E-state index contributed by atoms with van der Waals surface area (Å²) in [5, 5.41) is 0. The van der Waals surface area contributed by atoms with Crippen LogP contribution in [0.3, 0.4) is 0 Å². The number of fused-ring (bicyclic) bond motifs is 1. The van der Waals surface area contributed by atoms with E-state index in [1.165, 1.54) is 32.4 Å². The Morgan fingerprint density at radius 3 is 2.79 bits per heavy atom. The van der Waals surface area contributed by atoms with Crippen LogP contribution in [0.25, 0.3) is 0 Å². The minimum atomic E-state index is -0.0655. The molecule has 0 spiro atoms. The summed E-state index contributed by atoms with van der Waals surface area (Å²) in [4.78, 5) is 4.86. The highest BCUT2D eigenvalue weighted by Crippen LogP contribution is 2.26. The van der Waals surface area contributed by atoms with Crippen molar-refractivity contribution in [2.75, 3.05) is 31.1 Å². The van der Waals surface area contributed by atoms with E-state index in [1.807, 2.05) is 19.1 Å². The van der Waals surface area contributed by atoms with Gasteiger partial charge in [0.05, 0.1) is 5.69 Å². The smallest absolute Gasteiger partial charge is 0.146 e. The molecule has 0 aliphatic carbocycles. The van der Waals surface area contributed by atoms with E-state index in [-0.39, 0.29) is 5.82 Å². The number of aryl methyl sites for hydroxylation is 1. The quantitative estimate of drug-likeness (QED) is 0.767. The van der Waals surface area contributed by atoms with Gasteiger partial charge < -0.3 is 4.90 Å². The lowest BCUT2D eigenvalue weighted by Crippen LogP contribution is -2.44. The summed E-state index contributed by atoms with van der Waals surface area (Å²) in [6, 6.07) is 6.24. The third kappa shape index (κ3) is 2.76. The fourth-order valence-electron chi connectivity index (χ4n) is 3.46. The maximum absolute atomic E-state index is 14.1. The van der Waals surface area contributed by atoms with Crippen molar-refractivity contribution in [3.63, 3.8) is 0 Å². The number of nitrogens with zero attached hydrogens (tertiary/aromatic N) is 2. The Balaban J connectivity index is 1.80. The van der Waals surface area contributed by atoms with Crippen LogP contribution < -0.4 is 4.90 Å². The molecule has 3 rings (SSSR count). The lowest BCUT2D eigenvalue weighted by molar-refractivity contribution is 0.162. The van der Waals surface area contributed by atoms with Crippen molar-refractivity contribution in [2.24, 2.45) is 0 Å². The molecule has 2 nitrogen and oxygen atoms in total. The van der Waals surface area contributed by atoms with E-state index < -0.39 is 0 Å². The number of rotatable bonds is 1. The SMILES string of the molecule is Cc1ccc(N2CCCN3CCCCC3C2)c(F)c1. The summed E-state index contributed by atoms with van der Waals surface area (Å²) in [7, 11) is 0. The average molecular weight is 262 g/mol. The van der Waals surface area contributed by atoms with E-state index in [4.69, 9.17) is 0 Å². The van der Waals surface area contributed by atoms with Gasteiger partial charge in [-0.2, -0.15) is 0 Å². The molecule has 1 aromatic carbocycles. The lowest BCUT2D eigenvalue weighted by Gasteiger charge is -2.36.